The predicted molar refractivity (Wildman–Crippen MR) is 82.2 cm³/mol. The number of hydrogen-bond acceptors (Lipinski definition) is 3. The summed E-state index contributed by atoms with van der Waals surface area (Å²) in [7, 11) is 0. The number of ether oxygens (including phenoxy) is 1. The number of rotatable bonds is 7. The van der Waals surface area contributed by atoms with E-state index in [0.29, 0.717) is 6.04 Å². The van der Waals surface area contributed by atoms with Crippen molar-refractivity contribution in [2.45, 2.75) is 64.2 Å². The van der Waals surface area contributed by atoms with Gasteiger partial charge in [0, 0.05) is 6.04 Å². The van der Waals surface area contributed by atoms with E-state index in [4.69, 9.17) is 4.74 Å². The minimum absolute atomic E-state index is 0.0222. The number of hydrogen-bond donors (Lipinski definition) is 2. The minimum Gasteiger partial charge on any atom is -0.488 e. The van der Waals surface area contributed by atoms with Gasteiger partial charge in [-0.05, 0) is 63.3 Å². The third-order valence-electron chi connectivity index (χ3n) is 3.91. The van der Waals surface area contributed by atoms with Crippen LogP contribution in [0.3, 0.4) is 0 Å². The van der Waals surface area contributed by atoms with Crippen LogP contribution in [0.5, 0.6) is 5.75 Å². The Labute approximate surface area is 122 Å². The molecule has 0 aliphatic heterocycles. The van der Waals surface area contributed by atoms with E-state index in [1.165, 1.54) is 12.0 Å². The first-order valence-corrected chi connectivity index (χ1v) is 7.86. The highest BCUT2D eigenvalue weighted by molar-refractivity contribution is 5.28. The molecule has 0 spiro atoms. The Morgan fingerprint density at radius 1 is 1.30 bits per heavy atom. The highest BCUT2D eigenvalue weighted by Crippen LogP contribution is 2.25. The molecule has 0 saturated heterocycles. The van der Waals surface area contributed by atoms with E-state index in [-0.39, 0.29) is 12.2 Å². The lowest BCUT2D eigenvalue weighted by Gasteiger charge is -2.18. The zero-order chi connectivity index (χ0) is 14.4. The number of nitrogens with one attached hydrogen (secondary N) is 1. The van der Waals surface area contributed by atoms with Crippen LogP contribution >= 0.6 is 0 Å². The van der Waals surface area contributed by atoms with Crippen molar-refractivity contribution in [1.82, 2.24) is 5.32 Å². The summed E-state index contributed by atoms with van der Waals surface area (Å²) in [5.74, 6) is 0.869. The normalized spacial score (nSPS) is 23.8. The van der Waals surface area contributed by atoms with Crippen molar-refractivity contribution in [2.24, 2.45) is 0 Å². The number of benzene rings is 1. The Balaban J connectivity index is 1.83. The van der Waals surface area contributed by atoms with Crippen LogP contribution in [0, 0.1) is 0 Å². The first-order valence-electron chi connectivity index (χ1n) is 7.86. The average molecular weight is 277 g/mol. The van der Waals surface area contributed by atoms with Crippen LogP contribution < -0.4 is 10.1 Å². The van der Waals surface area contributed by atoms with Crippen molar-refractivity contribution in [3.8, 4) is 5.75 Å². The highest BCUT2D eigenvalue weighted by Gasteiger charge is 2.26. The molecule has 3 atom stereocenters. The topological polar surface area (TPSA) is 41.5 Å². The first kappa shape index (κ1) is 15.3. The summed E-state index contributed by atoms with van der Waals surface area (Å²) in [4.78, 5) is 0. The average Bonchev–Trinajstić information content (AvgIpc) is 2.84. The maximum absolute atomic E-state index is 9.77. The van der Waals surface area contributed by atoms with Gasteiger partial charge in [0.2, 0.25) is 0 Å². The van der Waals surface area contributed by atoms with Gasteiger partial charge in [0.25, 0.3) is 0 Å². The zero-order valence-electron chi connectivity index (χ0n) is 12.6. The molecule has 1 aromatic carbocycles. The molecule has 1 fully saturated rings. The van der Waals surface area contributed by atoms with E-state index in [1.807, 2.05) is 12.1 Å². The molecule has 112 valence electrons. The largest absolute Gasteiger partial charge is 0.488 e. The third kappa shape index (κ3) is 4.50. The maximum Gasteiger partial charge on any atom is 0.124 e. The van der Waals surface area contributed by atoms with Crippen LogP contribution in [0.1, 0.15) is 45.1 Å². The summed E-state index contributed by atoms with van der Waals surface area (Å²) < 4.78 is 5.85. The van der Waals surface area contributed by atoms with Crippen LogP contribution in [0.15, 0.2) is 24.3 Å². The van der Waals surface area contributed by atoms with Gasteiger partial charge in [-0.25, -0.2) is 0 Å². The van der Waals surface area contributed by atoms with Crippen molar-refractivity contribution in [1.29, 1.82) is 0 Å². The molecule has 1 aromatic rings. The molecule has 2 rings (SSSR count). The summed E-state index contributed by atoms with van der Waals surface area (Å²) in [5, 5.41) is 13.3. The molecule has 0 amide bonds. The molecule has 0 radical (unpaired) electrons. The zero-order valence-corrected chi connectivity index (χ0v) is 12.6. The molecule has 3 unspecified atom stereocenters. The molecule has 20 heavy (non-hydrogen) atoms. The summed E-state index contributed by atoms with van der Waals surface area (Å²) in [6.45, 7) is 5.47. The SMILES string of the molecule is CCCNC(C)Cc1ccc(OC2CCCC2O)cc1. The molecule has 1 aliphatic rings. The Morgan fingerprint density at radius 3 is 2.65 bits per heavy atom. The first-order chi connectivity index (χ1) is 9.69. The van der Waals surface area contributed by atoms with E-state index < -0.39 is 0 Å². The van der Waals surface area contributed by atoms with E-state index >= 15 is 0 Å². The van der Waals surface area contributed by atoms with Gasteiger partial charge in [0.05, 0.1) is 6.10 Å². The summed E-state index contributed by atoms with van der Waals surface area (Å²) in [6, 6.07) is 8.79. The van der Waals surface area contributed by atoms with Crippen LogP contribution in [0.2, 0.25) is 0 Å². The van der Waals surface area contributed by atoms with Crippen molar-refractivity contribution in [3.63, 3.8) is 0 Å². The van der Waals surface area contributed by atoms with Gasteiger partial charge in [-0.15, -0.1) is 0 Å². The second-order valence-electron chi connectivity index (χ2n) is 5.86. The fourth-order valence-electron chi connectivity index (χ4n) is 2.74. The van der Waals surface area contributed by atoms with Crippen LogP contribution in [-0.2, 0) is 6.42 Å². The Hall–Kier alpha value is -1.06. The monoisotopic (exact) mass is 277 g/mol. The second kappa shape index (κ2) is 7.65. The van der Waals surface area contributed by atoms with Crippen molar-refractivity contribution >= 4 is 0 Å². The summed E-state index contributed by atoms with van der Waals surface area (Å²) in [6.07, 6.45) is 4.76. The van der Waals surface area contributed by atoms with Crippen LogP contribution in [-0.4, -0.2) is 29.9 Å². The fourth-order valence-corrected chi connectivity index (χ4v) is 2.74. The second-order valence-corrected chi connectivity index (χ2v) is 5.86. The smallest absolute Gasteiger partial charge is 0.124 e. The van der Waals surface area contributed by atoms with Gasteiger partial charge >= 0.3 is 0 Å². The summed E-state index contributed by atoms with van der Waals surface area (Å²) >= 11 is 0. The lowest BCUT2D eigenvalue weighted by atomic mass is 10.1. The van der Waals surface area contributed by atoms with Crippen LogP contribution in [0.25, 0.3) is 0 Å². The third-order valence-corrected chi connectivity index (χ3v) is 3.91. The Kier molecular flexibility index (Phi) is 5.86. The van der Waals surface area contributed by atoms with Gasteiger partial charge in [-0.1, -0.05) is 19.1 Å². The molecule has 3 nitrogen and oxygen atoms in total. The van der Waals surface area contributed by atoms with Gasteiger partial charge in [0.1, 0.15) is 11.9 Å². The van der Waals surface area contributed by atoms with Gasteiger partial charge in [0.15, 0.2) is 0 Å². The molecule has 3 heteroatoms. The lowest BCUT2D eigenvalue weighted by Crippen LogP contribution is -2.28. The molecule has 0 heterocycles. The van der Waals surface area contributed by atoms with Crippen molar-refractivity contribution in [3.05, 3.63) is 29.8 Å². The van der Waals surface area contributed by atoms with Gasteiger partial charge in [-0.3, -0.25) is 0 Å². The Morgan fingerprint density at radius 2 is 2.05 bits per heavy atom. The molecule has 1 saturated carbocycles. The molecule has 0 aromatic heterocycles. The van der Waals surface area contributed by atoms with E-state index in [0.717, 1.165) is 38.0 Å². The van der Waals surface area contributed by atoms with Gasteiger partial charge < -0.3 is 15.2 Å². The van der Waals surface area contributed by atoms with Crippen molar-refractivity contribution in [2.75, 3.05) is 6.54 Å². The highest BCUT2D eigenvalue weighted by atomic mass is 16.5. The van der Waals surface area contributed by atoms with E-state index in [1.54, 1.807) is 0 Å². The molecule has 2 N–H and O–H groups in total. The number of aliphatic hydroxyl groups is 1. The quantitative estimate of drug-likeness (QED) is 0.805. The fraction of sp³-hybridized carbons (Fsp3) is 0.647. The standard InChI is InChI=1S/C17H27NO2/c1-3-11-18-13(2)12-14-7-9-15(10-8-14)20-17-6-4-5-16(17)19/h7-10,13,16-19H,3-6,11-12H2,1-2H3. The lowest BCUT2D eigenvalue weighted by molar-refractivity contribution is 0.0604. The van der Waals surface area contributed by atoms with Gasteiger partial charge in [-0.2, -0.15) is 0 Å². The van der Waals surface area contributed by atoms with Crippen molar-refractivity contribution < 1.29 is 9.84 Å². The Bertz CT molecular complexity index is 390. The summed E-state index contributed by atoms with van der Waals surface area (Å²) in [5.41, 5.74) is 1.32. The van der Waals surface area contributed by atoms with E-state index in [9.17, 15) is 5.11 Å². The molecular formula is C17H27NO2. The minimum atomic E-state index is -0.298. The molecule has 1 aliphatic carbocycles. The molecular weight excluding hydrogens is 250 g/mol. The maximum atomic E-state index is 9.77. The van der Waals surface area contributed by atoms with E-state index in [2.05, 4.69) is 31.3 Å². The molecule has 0 bridgehead atoms. The predicted octanol–water partition coefficient (Wildman–Crippen LogP) is 2.91. The van der Waals surface area contributed by atoms with Crippen LogP contribution in [0.4, 0.5) is 0 Å². The number of aliphatic hydroxyl groups excluding tert-OH is 1.